The highest BCUT2D eigenvalue weighted by molar-refractivity contribution is 5.56. The van der Waals surface area contributed by atoms with Crippen molar-refractivity contribution < 1.29 is 0 Å². The smallest absolute Gasteiger partial charge is 0.249 e. The molecule has 0 bridgehead atoms. The molecule has 3 rings (SSSR count). The highest BCUT2D eigenvalue weighted by Gasteiger charge is 2.07. The van der Waals surface area contributed by atoms with Crippen LogP contribution in [0, 0.1) is 13.8 Å². The molecule has 1 atom stereocenters. The fourth-order valence-electron chi connectivity index (χ4n) is 2.42. The van der Waals surface area contributed by atoms with E-state index < -0.39 is 0 Å². The van der Waals surface area contributed by atoms with Gasteiger partial charge >= 0.3 is 0 Å². The molecule has 0 aliphatic carbocycles. The second-order valence-electron chi connectivity index (χ2n) is 5.87. The van der Waals surface area contributed by atoms with E-state index >= 15 is 0 Å². The van der Waals surface area contributed by atoms with Crippen LogP contribution in [0.3, 0.4) is 0 Å². The Bertz CT molecular complexity index is 817. The summed E-state index contributed by atoms with van der Waals surface area (Å²) in [7, 11) is 0. The minimum Gasteiger partial charge on any atom is -0.362 e. The number of hydrogen-bond acceptors (Lipinski definition) is 5. The topological polar surface area (TPSA) is 62.7 Å². The highest BCUT2D eigenvalue weighted by atomic mass is 15.3. The van der Waals surface area contributed by atoms with Crippen molar-refractivity contribution in [2.24, 2.45) is 0 Å². The molecule has 2 aromatic carbocycles. The predicted octanol–water partition coefficient (Wildman–Crippen LogP) is 4.41. The van der Waals surface area contributed by atoms with Crippen LogP contribution in [0.1, 0.15) is 29.7 Å². The molecule has 3 aromatic rings. The Balaban J connectivity index is 1.73. The van der Waals surface area contributed by atoms with Gasteiger partial charge in [-0.15, -0.1) is 5.10 Å². The number of hydrogen-bond donors (Lipinski definition) is 2. The normalized spacial score (nSPS) is 11.8. The monoisotopic (exact) mass is 319 g/mol. The first-order chi connectivity index (χ1) is 11.6. The second-order valence-corrected chi connectivity index (χ2v) is 5.87. The lowest BCUT2D eigenvalue weighted by atomic mass is 10.1. The predicted molar refractivity (Wildman–Crippen MR) is 97.5 cm³/mol. The Labute approximate surface area is 142 Å². The lowest BCUT2D eigenvalue weighted by Gasteiger charge is -2.15. The van der Waals surface area contributed by atoms with Gasteiger partial charge in [0.05, 0.1) is 6.20 Å². The fraction of sp³-hybridized carbons (Fsp3) is 0.211. The van der Waals surface area contributed by atoms with Crippen LogP contribution in [0.2, 0.25) is 0 Å². The zero-order valence-electron chi connectivity index (χ0n) is 14.1. The maximum Gasteiger partial charge on any atom is 0.249 e. The van der Waals surface area contributed by atoms with Crippen molar-refractivity contribution in [1.82, 2.24) is 15.2 Å². The molecule has 0 saturated carbocycles. The van der Waals surface area contributed by atoms with Gasteiger partial charge in [-0.2, -0.15) is 10.1 Å². The van der Waals surface area contributed by atoms with Crippen molar-refractivity contribution >= 4 is 17.5 Å². The van der Waals surface area contributed by atoms with Crippen molar-refractivity contribution in [3.05, 3.63) is 71.4 Å². The molecule has 5 heteroatoms. The van der Waals surface area contributed by atoms with Gasteiger partial charge in [0.15, 0.2) is 5.82 Å². The van der Waals surface area contributed by atoms with Gasteiger partial charge in [0.25, 0.3) is 0 Å². The van der Waals surface area contributed by atoms with Gasteiger partial charge < -0.3 is 10.6 Å². The summed E-state index contributed by atoms with van der Waals surface area (Å²) in [6.45, 7) is 6.26. The van der Waals surface area contributed by atoms with E-state index in [4.69, 9.17) is 0 Å². The van der Waals surface area contributed by atoms with E-state index in [9.17, 15) is 0 Å². The van der Waals surface area contributed by atoms with Crippen LogP contribution in [0.25, 0.3) is 0 Å². The number of anilines is 3. The summed E-state index contributed by atoms with van der Waals surface area (Å²) in [5, 5.41) is 14.6. The SMILES string of the molecule is Cc1ccc(Nc2nncc(NC(C)c3ccccc3)n2)cc1C. The molecule has 1 aromatic heterocycles. The van der Waals surface area contributed by atoms with Gasteiger partial charge in [-0.05, 0) is 49.6 Å². The molecule has 0 aliphatic heterocycles. The Kier molecular flexibility index (Phi) is 4.70. The Hall–Kier alpha value is -2.95. The van der Waals surface area contributed by atoms with E-state index in [1.807, 2.05) is 24.3 Å². The highest BCUT2D eigenvalue weighted by Crippen LogP contribution is 2.20. The van der Waals surface area contributed by atoms with Gasteiger partial charge in [-0.25, -0.2) is 0 Å². The third-order valence-corrected chi connectivity index (χ3v) is 3.99. The first-order valence-corrected chi connectivity index (χ1v) is 7.97. The molecule has 122 valence electrons. The molecule has 24 heavy (non-hydrogen) atoms. The Morgan fingerprint density at radius 1 is 0.958 bits per heavy atom. The zero-order chi connectivity index (χ0) is 16.9. The number of aryl methyl sites for hydroxylation is 2. The van der Waals surface area contributed by atoms with Crippen LogP contribution in [0.15, 0.2) is 54.7 Å². The fourth-order valence-corrected chi connectivity index (χ4v) is 2.42. The molecule has 0 saturated heterocycles. The van der Waals surface area contributed by atoms with Crippen molar-refractivity contribution in [2.75, 3.05) is 10.6 Å². The van der Waals surface area contributed by atoms with Gasteiger partial charge in [0, 0.05) is 11.7 Å². The van der Waals surface area contributed by atoms with Crippen molar-refractivity contribution in [2.45, 2.75) is 26.8 Å². The van der Waals surface area contributed by atoms with E-state index in [2.05, 4.69) is 70.9 Å². The zero-order valence-corrected chi connectivity index (χ0v) is 14.1. The summed E-state index contributed by atoms with van der Waals surface area (Å²) in [6, 6.07) is 16.5. The summed E-state index contributed by atoms with van der Waals surface area (Å²) < 4.78 is 0. The Morgan fingerprint density at radius 2 is 1.75 bits per heavy atom. The molecular weight excluding hydrogens is 298 g/mol. The average Bonchev–Trinajstić information content (AvgIpc) is 2.59. The largest absolute Gasteiger partial charge is 0.362 e. The summed E-state index contributed by atoms with van der Waals surface area (Å²) >= 11 is 0. The standard InChI is InChI=1S/C19H21N5/c1-13-9-10-17(11-14(13)2)22-19-23-18(12-20-24-19)21-15(3)16-7-5-4-6-8-16/h4-12,15H,1-3H3,(H2,21,22,23,24). The number of benzene rings is 2. The first kappa shape index (κ1) is 15.9. The third-order valence-electron chi connectivity index (χ3n) is 3.99. The maximum absolute atomic E-state index is 4.49. The quantitative estimate of drug-likeness (QED) is 0.729. The molecule has 1 unspecified atom stereocenters. The van der Waals surface area contributed by atoms with Gasteiger partial charge in [-0.1, -0.05) is 36.4 Å². The second kappa shape index (κ2) is 7.08. The molecule has 1 heterocycles. The minimum absolute atomic E-state index is 0.136. The summed E-state index contributed by atoms with van der Waals surface area (Å²) in [5.41, 5.74) is 4.62. The molecule has 0 fully saturated rings. The van der Waals surface area contributed by atoms with E-state index in [-0.39, 0.29) is 6.04 Å². The lowest BCUT2D eigenvalue weighted by molar-refractivity contribution is 0.861. The minimum atomic E-state index is 0.136. The maximum atomic E-state index is 4.49. The molecule has 0 spiro atoms. The molecule has 0 amide bonds. The van der Waals surface area contributed by atoms with Crippen LogP contribution < -0.4 is 10.6 Å². The lowest BCUT2D eigenvalue weighted by Crippen LogP contribution is -2.10. The van der Waals surface area contributed by atoms with Crippen molar-refractivity contribution in [1.29, 1.82) is 0 Å². The van der Waals surface area contributed by atoms with Crippen LogP contribution in [-0.4, -0.2) is 15.2 Å². The number of nitrogens with zero attached hydrogens (tertiary/aromatic N) is 3. The number of nitrogens with one attached hydrogen (secondary N) is 2. The van der Waals surface area contributed by atoms with Crippen LogP contribution in [0.5, 0.6) is 0 Å². The van der Waals surface area contributed by atoms with E-state index in [1.54, 1.807) is 6.20 Å². The Morgan fingerprint density at radius 3 is 2.50 bits per heavy atom. The van der Waals surface area contributed by atoms with Crippen LogP contribution >= 0.6 is 0 Å². The van der Waals surface area contributed by atoms with Gasteiger partial charge in [-0.3, -0.25) is 0 Å². The average molecular weight is 319 g/mol. The number of rotatable bonds is 5. The molecular formula is C19H21N5. The first-order valence-electron chi connectivity index (χ1n) is 7.97. The molecule has 5 nitrogen and oxygen atoms in total. The number of aromatic nitrogens is 3. The van der Waals surface area contributed by atoms with Gasteiger partial charge in [0.2, 0.25) is 5.95 Å². The van der Waals surface area contributed by atoms with Crippen molar-refractivity contribution in [3.63, 3.8) is 0 Å². The summed E-state index contributed by atoms with van der Waals surface area (Å²) in [4.78, 5) is 4.49. The van der Waals surface area contributed by atoms with Crippen LogP contribution in [-0.2, 0) is 0 Å². The summed E-state index contributed by atoms with van der Waals surface area (Å²) in [5.74, 6) is 1.16. The van der Waals surface area contributed by atoms with Crippen molar-refractivity contribution in [3.8, 4) is 0 Å². The molecule has 0 radical (unpaired) electrons. The molecule has 0 aliphatic rings. The summed E-state index contributed by atoms with van der Waals surface area (Å²) in [6.07, 6.45) is 1.63. The van der Waals surface area contributed by atoms with E-state index in [1.165, 1.54) is 16.7 Å². The van der Waals surface area contributed by atoms with E-state index in [0.717, 1.165) is 5.69 Å². The van der Waals surface area contributed by atoms with Crippen LogP contribution in [0.4, 0.5) is 17.5 Å². The van der Waals surface area contributed by atoms with E-state index in [0.29, 0.717) is 11.8 Å². The van der Waals surface area contributed by atoms with Gasteiger partial charge in [0.1, 0.15) is 0 Å². The molecule has 2 N–H and O–H groups in total. The third kappa shape index (κ3) is 3.87.